The molecule has 0 saturated heterocycles. The number of amides is 2. The minimum atomic E-state index is -1.06. The van der Waals surface area contributed by atoms with Crippen LogP contribution in [0.4, 0.5) is 4.79 Å². The van der Waals surface area contributed by atoms with Crippen molar-refractivity contribution in [2.45, 2.75) is 58.3 Å². The van der Waals surface area contributed by atoms with E-state index in [9.17, 15) is 9.59 Å². The molecule has 5 heteroatoms. The topological polar surface area (TPSA) is 69.6 Å². The first-order chi connectivity index (χ1) is 10.1. The standard InChI is InChI=1S/C16H28N2O3/c1-3-5-6-7-8-9-10-11-12-17-16(21)18(13-4-2)14-15(19)20/h2H,3,5-14H2,1H3,(H,17,21)(H,19,20). The number of carboxylic acids is 1. The lowest BCUT2D eigenvalue weighted by molar-refractivity contribution is -0.137. The summed E-state index contributed by atoms with van der Waals surface area (Å²) in [6.07, 6.45) is 14.7. The molecule has 0 radical (unpaired) electrons. The van der Waals surface area contributed by atoms with Crippen molar-refractivity contribution in [1.82, 2.24) is 10.2 Å². The van der Waals surface area contributed by atoms with Gasteiger partial charge >= 0.3 is 12.0 Å². The predicted octanol–water partition coefficient (Wildman–Crippen LogP) is 2.86. The minimum Gasteiger partial charge on any atom is -0.480 e. The van der Waals surface area contributed by atoms with Crippen molar-refractivity contribution in [2.24, 2.45) is 0 Å². The second-order valence-electron chi connectivity index (χ2n) is 5.16. The van der Waals surface area contributed by atoms with E-state index in [0.29, 0.717) is 6.54 Å². The molecule has 0 rings (SSSR count). The quantitative estimate of drug-likeness (QED) is 0.430. The Bertz CT molecular complexity index is 337. The zero-order valence-electron chi connectivity index (χ0n) is 13.1. The third-order valence-electron chi connectivity index (χ3n) is 3.20. The molecule has 0 heterocycles. The summed E-state index contributed by atoms with van der Waals surface area (Å²) in [5.41, 5.74) is 0. The molecule has 5 nitrogen and oxygen atoms in total. The van der Waals surface area contributed by atoms with Crippen LogP contribution < -0.4 is 5.32 Å². The summed E-state index contributed by atoms with van der Waals surface area (Å²) in [6, 6.07) is -0.404. The molecule has 0 aromatic carbocycles. The fraction of sp³-hybridized carbons (Fsp3) is 0.750. The molecule has 0 spiro atoms. The van der Waals surface area contributed by atoms with Gasteiger partial charge in [0.25, 0.3) is 0 Å². The van der Waals surface area contributed by atoms with Gasteiger partial charge in [0.2, 0.25) is 0 Å². The lowest BCUT2D eigenvalue weighted by Crippen LogP contribution is -2.43. The molecule has 0 bridgehead atoms. The van der Waals surface area contributed by atoms with Crippen LogP contribution in [0, 0.1) is 12.3 Å². The van der Waals surface area contributed by atoms with Gasteiger partial charge in [-0.25, -0.2) is 4.79 Å². The Hall–Kier alpha value is -1.70. The molecular weight excluding hydrogens is 268 g/mol. The van der Waals surface area contributed by atoms with Crippen LogP contribution >= 0.6 is 0 Å². The number of hydrogen-bond acceptors (Lipinski definition) is 2. The first-order valence-electron chi connectivity index (χ1n) is 7.79. The fourth-order valence-corrected chi connectivity index (χ4v) is 2.04. The Morgan fingerprint density at radius 1 is 1.10 bits per heavy atom. The number of unbranched alkanes of at least 4 members (excludes halogenated alkanes) is 7. The van der Waals surface area contributed by atoms with Gasteiger partial charge in [-0.1, -0.05) is 57.8 Å². The molecule has 21 heavy (non-hydrogen) atoms. The van der Waals surface area contributed by atoms with Gasteiger partial charge in [-0.05, 0) is 6.42 Å². The summed E-state index contributed by atoms with van der Waals surface area (Å²) in [4.78, 5) is 23.5. The number of rotatable bonds is 12. The summed E-state index contributed by atoms with van der Waals surface area (Å²) in [7, 11) is 0. The maximum Gasteiger partial charge on any atom is 0.323 e. The first kappa shape index (κ1) is 19.3. The molecule has 0 aliphatic carbocycles. The normalized spacial score (nSPS) is 9.90. The van der Waals surface area contributed by atoms with E-state index in [-0.39, 0.29) is 13.1 Å². The number of terminal acetylenes is 1. The fourth-order valence-electron chi connectivity index (χ4n) is 2.04. The molecule has 0 aromatic rings. The summed E-state index contributed by atoms with van der Waals surface area (Å²) >= 11 is 0. The molecule has 0 atom stereocenters. The van der Waals surface area contributed by atoms with Crippen molar-refractivity contribution in [2.75, 3.05) is 19.6 Å². The number of aliphatic carboxylic acids is 1. The van der Waals surface area contributed by atoms with Gasteiger partial charge in [-0.15, -0.1) is 6.42 Å². The number of urea groups is 1. The highest BCUT2D eigenvalue weighted by Crippen LogP contribution is 2.07. The van der Waals surface area contributed by atoms with Crippen molar-refractivity contribution in [1.29, 1.82) is 0 Å². The number of carbonyl (C=O) groups is 2. The van der Waals surface area contributed by atoms with Crippen LogP contribution in [0.5, 0.6) is 0 Å². The number of hydrogen-bond donors (Lipinski definition) is 2. The Labute approximate surface area is 128 Å². The lowest BCUT2D eigenvalue weighted by Gasteiger charge is -2.18. The van der Waals surface area contributed by atoms with Gasteiger partial charge in [0, 0.05) is 6.54 Å². The van der Waals surface area contributed by atoms with Gasteiger partial charge in [0.15, 0.2) is 0 Å². The summed E-state index contributed by atoms with van der Waals surface area (Å²) in [5.74, 6) is 1.23. The highest BCUT2D eigenvalue weighted by atomic mass is 16.4. The minimum absolute atomic E-state index is 0.00949. The molecule has 120 valence electrons. The van der Waals surface area contributed by atoms with E-state index in [4.69, 9.17) is 11.5 Å². The summed E-state index contributed by atoms with van der Waals surface area (Å²) in [5, 5.41) is 11.4. The van der Waals surface area contributed by atoms with Gasteiger partial charge in [-0.3, -0.25) is 4.79 Å². The largest absolute Gasteiger partial charge is 0.480 e. The number of nitrogens with one attached hydrogen (secondary N) is 1. The van der Waals surface area contributed by atoms with Crippen LogP contribution in [0.2, 0.25) is 0 Å². The number of carboxylic acid groups (broad SMARTS) is 1. The van der Waals surface area contributed by atoms with E-state index in [0.717, 1.165) is 17.7 Å². The molecular formula is C16H28N2O3. The van der Waals surface area contributed by atoms with Crippen molar-refractivity contribution in [3.8, 4) is 12.3 Å². The predicted molar refractivity (Wildman–Crippen MR) is 84.1 cm³/mol. The molecule has 2 N–H and O–H groups in total. The average molecular weight is 296 g/mol. The molecule has 0 saturated carbocycles. The second-order valence-corrected chi connectivity index (χ2v) is 5.16. The van der Waals surface area contributed by atoms with Crippen LogP contribution in [0.3, 0.4) is 0 Å². The SMILES string of the molecule is C#CCN(CC(=O)O)C(=O)NCCCCCCCCCC. The van der Waals surface area contributed by atoms with Gasteiger partial charge < -0.3 is 15.3 Å². The Balaban J connectivity index is 3.63. The smallest absolute Gasteiger partial charge is 0.323 e. The zero-order chi connectivity index (χ0) is 15.9. The zero-order valence-corrected chi connectivity index (χ0v) is 13.1. The van der Waals surface area contributed by atoms with Crippen molar-refractivity contribution in [3.05, 3.63) is 0 Å². The van der Waals surface area contributed by atoms with Crippen molar-refractivity contribution < 1.29 is 14.7 Å². The summed E-state index contributed by atoms with van der Waals surface area (Å²) in [6.45, 7) is 2.41. The molecule has 0 fully saturated rings. The maximum atomic E-state index is 11.7. The monoisotopic (exact) mass is 296 g/mol. The van der Waals surface area contributed by atoms with E-state index in [1.165, 1.54) is 38.5 Å². The average Bonchev–Trinajstić information content (AvgIpc) is 2.44. The Morgan fingerprint density at radius 2 is 1.67 bits per heavy atom. The highest BCUT2D eigenvalue weighted by molar-refractivity contribution is 5.80. The maximum absolute atomic E-state index is 11.7. The molecule has 0 unspecified atom stereocenters. The third kappa shape index (κ3) is 11.8. The van der Waals surface area contributed by atoms with E-state index >= 15 is 0 Å². The molecule has 0 aromatic heterocycles. The highest BCUT2D eigenvalue weighted by Gasteiger charge is 2.14. The van der Waals surface area contributed by atoms with E-state index < -0.39 is 12.0 Å². The molecule has 0 aliphatic rings. The van der Waals surface area contributed by atoms with Crippen molar-refractivity contribution in [3.63, 3.8) is 0 Å². The number of carbonyl (C=O) groups excluding carboxylic acids is 1. The first-order valence-corrected chi connectivity index (χ1v) is 7.79. The van der Waals surface area contributed by atoms with Crippen molar-refractivity contribution >= 4 is 12.0 Å². The van der Waals surface area contributed by atoms with Crippen LogP contribution in [-0.4, -0.2) is 41.6 Å². The van der Waals surface area contributed by atoms with E-state index in [1.54, 1.807) is 0 Å². The summed E-state index contributed by atoms with van der Waals surface area (Å²) < 4.78 is 0. The second kappa shape index (κ2) is 13.3. The van der Waals surface area contributed by atoms with E-state index in [1.807, 2.05) is 0 Å². The Kier molecular flexibility index (Phi) is 12.2. The van der Waals surface area contributed by atoms with Gasteiger partial charge in [-0.2, -0.15) is 0 Å². The third-order valence-corrected chi connectivity index (χ3v) is 3.20. The van der Waals surface area contributed by atoms with E-state index in [2.05, 4.69) is 18.2 Å². The van der Waals surface area contributed by atoms with Crippen LogP contribution in [0.1, 0.15) is 58.3 Å². The Morgan fingerprint density at radius 3 is 2.19 bits per heavy atom. The molecule has 2 amide bonds. The number of nitrogens with zero attached hydrogens (tertiary/aromatic N) is 1. The molecule has 0 aliphatic heterocycles. The van der Waals surface area contributed by atoms with Crippen LogP contribution in [-0.2, 0) is 4.79 Å². The lowest BCUT2D eigenvalue weighted by atomic mass is 10.1. The van der Waals surface area contributed by atoms with Gasteiger partial charge in [0.1, 0.15) is 6.54 Å². The van der Waals surface area contributed by atoms with Crippen LogP contribution in [0.25, 0.3) is 0 Å². The van der Waals surface area contributed by atoms with Gasteiger partial charge in [0.05, 0.1) is 6.54 Å². The van der Waals surface area contributed by atoms with Crippen LogP contribution in [0.15, 0.2) is 0 Å².